The van der Waals surface area contributed by atoms with Crippen LogP contribution in [0.4, 0.5) is 45.5 Å². The molecular formula is C78H98N10O18. The molecule has 0 saturated heterocycles. The fourth-order valence-electron chi connectivity index (χ4n) is 11.2. The minimum Gasteiger partial charge on any atom is -0.493 e. The first kappa shape index (κ1) is 81.8. The highest BCUT2D eigenvalue weighted by atomic mass is 16.6. The largest absolute Gasteiger partial charge is 0.493 e. The van der Waals surface area contributed by atoms with E-state index in [1.807, 2.05) is 0 Å². The van der Waals surface area contributed by atoms with Gasteiger partial charge in [0.2, 0.25) is 0 Å². The zero-order valence-corrected chi connectivity index (χ0v) is 60.2. The molecule has 0 aliphatic carbocycles. The number of unbranched alkanes of at least 4 members (excludes halogenated alkanes) is 18. The fourth-order valence-corrected chi connectivity index (χ4v) is 11.2. The summed E-state index contributed by atoms with van der Waals surface area (Å²) in [5.41, 5.74) is 3.93. The molecule has 106 heavy (non-hydrogen) atoms. The number of anilines is 4. The Bertz CT molecular complexity index is 3610. The number of methoxy groups -OCH3 is 1. The van der Waals surface area contributed by atoms with E-state index in [2.05, 4.69) is 31.9 Å². The molecule has 0 unspecified atom stereocenters. The molecule has 0 radical (unpaired) electrons. The van der Waals surface area contributed by atoms with E-state index >= 15 is 0 Å². The van der Waals surface area contributed by atoms with Crippen molar-refractivity contribution in [2.24, 2.45) is 0 Å². The van der Waals surface area contributed by atoms with E-state index in [0.29, 0.717) is 60.7 Å². The lowest BCUT2D eigenvalue weighted by atomic mass is 10.1. The minimum atomic E-state index is -0.644. The Morgan fingerprint density at radius 1 is 0.283 bits per heavy atom. The number of carbonyl (C=O) groups is 3. The summed E-state index contributed by atoms with van der Waals surface area (Å²) < 4.78 is 41.6. The van der Waals surface area contributed by atoms with Gasteiger partial charge >= 0.3 is 5.97 Å². The first-order chi connectivity index (χ1) is 51.6. The standard InChI is InChI=1S/C78H98N10O18/c1-100-78(91)61-54-74(105-48-42-83-76(89)59-50-70(56-72(52-59)103-46-40-81-64-26-34-68(35-27-64)87(96)97)101-44-20-16-12-8-4-2-6-10-14-18-38-79-62-22-30-66(31-23-62)85(92)93)58-75(55-61)106-49-43-84-77(90)60-51-71(57-73(53-60)104-47-41-82-65-28-36-69(37-29-65)88(98)99)102-45-21-17-13-9-5-3-7-11-15-19-39-80-63-24-32-67(33-25-63)86(94)95/h22-37,50-58,79-82H,2-21,38-49H2,1H3,(H,83,89)(H,84,90). The average Bonchev–Trinajstić information content (AvgIpc) is 0.852. The predicted molar refractivity (Wildman–Crippen MR) is 407 cm³/mol. The minimum absolute atomic E-state index is 0.00474. The van der Waals surface area contributed by atoms with Gasteiger partial charge in [-0.25, -0.2) is 4.79 Å². The molecule has 28 nitrogen and oxygen atoms in total. The molecule has 0 aliphatic rings. The van der Waals surface area contributed by atoms with Crippen LogP contribution in [-0.4, -0.2) is 123 Å². The van der Waals surface area contributed by atoms with Crippen LogP contribution in [0.3, 0.4) is 0 Å². The smallest absolute Gasteiger partial charge is 0.338 e. The molecule has 0 heterocycles. The van der Waals surface area contributed by atoms with Gasteiger partial charge in [0, 0.05) is 127 Å². The van der Waals surface area contributed by atoms with Crippen LogP contribution in [0.1, 0.15) is 159 Å². The van der Waals surface area contributed by atoms with Gasteiger partial charge in [-0.15, -0.1) is 0 Å². The van der Waals surface area contributed by atoms with Gasteiger partial charge in [0.25, 0.3) is 34.6 Å². The van der Waals surface area contributed by atoms with E-state index in [9.17, 15) is 54.8 Å². The van der Waals surface area contributed by atoms with Crippen molar-refractivity contribution >= 4 is 63.3 Å². The summed E-state index contributed by atoms with van der Waals surface area (Å²) in [6.45, 7) is 3.73. The molecule has 0 spiro atoms. The summed E-state index contributed by atoms with van der Waals surface area (Å²) in [6, 6.07) is 39.5. The molecule has 7 rings (SSSR count). The Kier molecular flexibility index (Phi) is 36.3. The molecule has 6 N–H and O–H groups in total. The Hall–Kier alpha value is -11.5. The summed E-state index contributed by atoms with van der Waals surface area (Å²) in [7, 11) is 1.25. The summed E-state index contributed by atoms with van der Waals surface area (Å²) in [5, 5.41) is 62.8. The van der Waals surface area contributed by atoms with E-state index < -0.39 is 37.5 Å². The van der Waals surface area contributed by atoms with E-state index in [1.165, 1.54) is 93.5 Å². The Morgan fingerprint density at radius 2 is 0.509 bits per heavy atom. The fraction of sp³-hybridized carbons (Fsp3) is 0.423. The SMILES string of the molecule is COC(=O)c1cc(OCCNC(=O)c2cc(OCCCCCCCCCCCCNc3ccc([N+](=O)[O-])cc3)cc(OCCNc3ccc([N+](=O)[O-])cc3)c2)cc(OCCNC(=O)c2cc(OCCCCCCCCCCCCNc3ccc([N+](=O)[O-])cc3)cc(OCCNc3ccc([N+](=O)[O-])cc3)c2)c1. The maximum Gasteiger partial charge on any atom is 0.338 e. The van der Waals surface area contributed by atoms with Crippen LogP contribution in [0.15, 0.2) is 152 Å². The number of benzene rings is 7. The summed E-state index contributed by atoms with van der Waals surface area (Å²) in [4.78, 5) is 82.7. The predicted octanol–water partition coefficient (Wildman–Crippen LogP) is 16.5. The molecule has 0 saturated carbocycles. The second-order valence-electron chi connectivity index (χ2n) is 25.2. The number of nitrogens with zero attached hydrogens (tertiary/aromatic N) is 4. The quantitative estimate of drug-likeness (QED) is 0.00892. The third-order valence-electron chi connectivity index (χ3n) is 16.9. The maximum atomic E-state index is 13.8. The number of rotatable bonds is 55. The number of nitro groups is 4. The second-order valence-corrected chi connectivity index (χ2v) is 25.2. The van der Waals surface area contributed by atoms with E-state index in [-0.39, 0.29) is 90.5 Å². The van der Waals surface area contributed by atoms with E-state index in [1.54, 1.807) is 91.0 Å². The highest BCUT2D eigenvalue weighted by Gasteiger charge is 2.17. The molecule has 0 aromatic heterocycles. The Labute approximate surface area is 617 Å². The number of nitrogens with one attached hydrogen (secondary N) is 6. The second kappa shape index (κ2) is 47.0. The molecule has 0 atom stereocenters. The van der Waals surface area contributed by atoms with Crippen LogP contribution in [-0.2, 0) is 4.74 Å². The molecule has 0 fully saturated rings. The monoisotopic (exact) mass is 1460 g/mol. The van der Waals surface area contributed by atoms with Gasteiger partial charge < -0.3 is 65.1 Å². The molecule has 7 aromatic carbocycles. The number of non-ortho nitro benzene ring substituents is 4. The van der Waals surface area contributed by atoms with Gasteiger partial charge in [0.1, 0.15) is 60.9 Å². The van der Waals surface area contributed by atoms with E-state index in [4.69, 9.17) is 33.2 Å². The first-order valence-electron chi connectivity index (χ1n) is 36.4. The van der Waals surface area contributed by atoms with Gasteiger partial charge in [0.15, 0.2) is 0 Å². The molecule has 28 heteroatoms. The summed E-state index contributed by atoms with van der Waals surface area (Å²) in [6.07, 6.45) is 21.6. The zero-order chi connectivity index (χ0) is 75.4. The number of hydrogen-bond acceptors (Lipinski definition) is 22. The number of ether oxygens (including phenoxy) is 7. The summed E-state index contributed by atoms with van der Waals surface area (Å²) in [5.74, 6) is 0.731. The van der Waals surface area contributed by atoms with Gasteiger partial charge in [-0.1, -0.05) is 103 Å². The van der Waals surface area contributed by atoms with Gasteiger partial charge in [-0.05, 0) is 111 Å². The van der Waals surface area contributed by atoms with Crippen LogP contribution in [0.5, 0.6) is 34.5 Å². The van der Waals surface area contributed by atoms with Crippen molar-refractivity contribution in [1.82, 2.24) is 10.6 Å². The van der Waals surface area contributed by atoms with E-state index in [0.717, 1.165) is 127 Å². The lowest BCUT2D eigenvalue weighted by Gasteiger charge is -2.14. The zero-order valence-electron chi connectivity index (χ0n) is 60.2. The molecule has 0 bridgehead atoms. The Morgan fingerprint density at radius 3 is 0.774 bits per heavy atom. The molecule has 568 valence electrons. The number of amides is 2. The van der Waals surface area contributed by atoms with Gasteiger partial charge in [0.05, 0.1) is 58.7 Å². The molecular weight excluding hydrogens is 1360 g/mol. The van der Waals surface area contributed by atoms with Crippen molar-refractivity contribution in [2.75, 3.05) is 107 Å². The number of carbonyl (C=O) groups excluding carboxylic acids is 3. The van der Waals surface area contributed by atoms with Crippen LogP contribution < -0.4 is 60.3 Å². The normalized spacial score (nSPS) is 10.8. The van der Waals surface area contributed by atoms with Crippen molar-refractivity contribution in [2.45, 2.75) is 128 Å². The first-order valence-corrected chi connectivity index (χ1v) is 36.4. The number of hydrogen-bond donors (Lipinski definition) is 6. The maximum absolute atomic E-state index is 13.8. The lowest BCUT2D eigenvalue weighted by Crippen LogP contribution is -2.28. The molecule has 2 amide bonds. The topological polar surface area (TPSA) is 361 Å². The number of nitro benzene ring substituents is 4. The number of esters is 1. The van der Waals surface area contributed by atoms with Gasteiger partial charge in [-0.3, -0.25) is 50.0 Å². The van der Waals surface area contributed by atoms with Crippen LogP contribution in [0.25, 0.3) is 0 Å². The van der Waals surface area contributed by atoms with Crippen molar-refractivity contribution in [3.05, 3.63) is 209 Å². The highest BCUT2D eigenvalue weighted by Crippen LogP contribution is 2.29. The average molecular weight is 1460 g/mol. The third kappa shape index (κ3) is 31.7. The van der Waals surface area contributed by atoms with Gasteiger partial charge in [-0.2, -0.15) is 0 Å². The van der Waals surface area contributed by atoms with Crippen molar-refractivity contribution < 1.29 is 67.2 Å². The van der Waals surface area contributed by atoms with Crippen molar-refractivity contribution in [3.63, 3.8) is 0 Å². The third-order valence-corrected chi connectivity index (χ3v) is 16.9. The van der Waals surface area contributed by atoms with Crippen LogP contribution in [0, 0.1) is 40.5 Å². The Balaban J connectivity index is 0.838. The lowest BCUT2D eigenvalue weighted by molar-refractivity contribution is -0.385. The molecule has 7 aromatic rings. The summed E-state index contributed by atoms with van der Waals surface area (Å²) >= 11 is 0. The highest BCUT2D eigenvalue weighted by molar-refractivity contribution is 5.95. The van der Waals surface area contributed by atoms with Crippen LogP contribution >= 0.6 is 0 Å². The molecule has 0 aliphatic heterocycles. The van der Waals surface area contributed by atoms with Crippen molar-refractivity contribution in [3.8, 4) is 34.5 Å². The van der Waals surface area contributed by atoms with Crippen LogP contribution in [0.2, 0.25) is 0 Å². The van der Waals surface area contributed by atoms with Crippen molar-refractivity contribution in [1.29, 1.82) is 0 Å².